The standard InChI is InChI=1S/C27H28ClN3O6/c1-17-6-4-5-7-21(17)29-27(35)30-22-10-8-18(14-24(22)36-3)15-25(32)31(2)12-13-37-23-11-9-19(26(33)34)16-20(23)28/h4-11,14,16H,12-13,15H2,1-3H3,(H,33,34)(H2,29,30,35). The van der Waals surface area contributed by atoms with Crippen LogP contribution in [0.5, 0.6) is 11.5 Å². The molecule has 0 unspecified atom stereocenters. The zero-order chi connectivity index (χ0) is 26.9. The second-order valence-electron chi connectivity index (χ2n) is 8.22. The van der Waals surface area contributed by atoms with Gasteiger partial charge in [-0.1, -0.05) is 35.9 Å². The number of carbonyl (C=O) groups excluding carboxylic acids is 2. The number of nitrogens with zero attached hydrogens (tertiary/aromatic N) is 1. The summed E-state index contributed by atoms with van der Waals surface area (Å²) in [5, 5.41) is 14.8. The van der Waals surface area contributed by atoms with E-state index in [1.165, 1.54) is 30.2 Å². The Morgan fingerprint density at radius 1 is 0.973 bits per heavy atom. The molecular weight excluding hydrogens is 498 g/mol. The topological polar surface area (TPSA) is 117 Å². The molecule has 0 aromatic heterocycles. The second-order valence-corrected chi connectivity index (χ2v) is 8.63. The molecule has 0 saturated heterocycles. The van der Waals surface area contributed by atoms with E-state index in [2.05, 4.69) is 10.6 Å². The van der Waals surface area contributed by atoms with E-state index in [1.807, 2.05) is 31.2 Å². The molecule has 3 amide bonds. The van der Waals surface area contributed by atoms with Gasteiger partial charge in [0.1, 0.15) is 18.1 Å². The number of carboxylic acid groups (broad SMARTS) is 1. The number of urea groups is 1. The first kappa shape index (κ1) is 27.3. The monoisotopic (exact) mass is 525 g/mol. The molecule has 0 radical (unpaired) electrons. The average Bonchev–Trinajstić information content (AvgIpc) is 2.87. The van der Waals surface area contributed by atoms with Crippen molar-refractivity contribution in [2.24, 2.45) is 0 Å². The summed E-state index contributed by atoms with van der Waals surface area (Å²) in [7, 11) is 3.15. The van der Waals surface area contributed by atoms with Gasteiger partial charge in [-0.2, -0.15) is 0 Å². The highest BCUT2D eigenvalue weighted by Gasteiger charge is 2.14. The molecular formula is C27H28ClN3O6. The molecule has 0 aliphatic carbocycles. The summed E-state index contributed by atoms with van der Waals surface area (Å²) in [6.45, 7) is 2.38. The summed E-state index contributed by atoms with van der Waals surface area (Å²) < 4.78 is 11.0. The predicted octanol–water partition coefficient (Wildman–Crippen LogP) is 5.08. The second kappa shape index (κ2) is 12.6. The molecule has 37 heavy (non-hydrogen) atoms. The molecule has 0 aliphatic rings. The van der Waals surface area contributed by atoms with Crippen molar-refractivity contribution in [1.82, 2.24) is 4.90 Å². The number of para-hydroxylation sites is 1. The van der Waals surface area contributed by atoms with Crippen LogP contribution in [0.3, 0.4) is 0 Å². The Hall–Kier alpha value is -4.24. The Bertz CT molecular complexity index is 1300. The number of aromatic carboxylic acids is 1. The van der Waals surface area contributed by atoms with Gasteiger partial charge in [0.05, 0.1) is 36.3 Å². The molecule has 0 bridgehead atoms. The molecule has 3 aromatic carbocycles. The van der Waals surface area contributed by atoms with Crippen LogP contribution in [0.25, 0.3) is 0 Å². The minimum atomic E-state index is -1.08. The molecule has 0 atom stereocenters. The Morgan fingerprint density at radius 3 is 2.38 bits per heavy atom. The van der Waals surface area contributed by atoms with Crippen LogP contribution in [0.4, 0.5) is 16.2 Å². The number of carboxylic acids is 1. The predicted molar refractivity (Wildman–Crippen MR) is 142 cm³/mol. The summed E-state index contributed by atoms with van der Waals surface area (Å²) in [6, 6.07) is 16.4. The van der Waals surface area contributed by atoms with E-state index in [-0.39, 0.29) is 29.5 Å². The van der Waals surface area contributed by atoms with Crippen LogP contribution in [0.2, 0.25) is 5.02 Å². The fourth-order valence-electron chi connectivity index (χ4n) is 3.42. The van der Waals surface area contributed by atoms with Gasteiger partial charge in [-0.3, -0.25) is 4.79 Å². The maximum atomic E-state index is 12.7. The molecule has 0 fully saturated rings. The highest BCUT2D eigenvalue weighted by molar-refractivity contribution is 6.32. The molecule has 0 spiro atoms. The van der Waals surface area contributed by atoms with Gasteiger partial charge >= 0.3 is 12.0 Å². The van der Waals surface area contributed by atoms with Crippen molar-refractivity contribution >= 4 is 40.9 Å². The first-order valence-electron chi connectivity index (χ1n) is 11.4. The minimum absolute atomic E-state index is 0.0632. The lowest BCUT2D eigenvalue weighted by Crippen LogP contribution is -2.32. The van der Waals surface area contributed by atoms with Gasteiger partial charge in [0, 0.05) is 12.7 Å². The van der Waals surface area contributed by atoms with Crippen LogP contribution in [0, 0.1) is 6.92 Å². The van der Waals surface area contributed by atoms with Crippen LogP contribution in [-0.4, -0.2) is 55.2 Å². The van der Waals surface area contributed by atoms with Gasteiger partial charge in [0.25, 0.3) is 0 Å². The lowest BCUT2D eigenvalue weighted by atomic mass is 10.1. The Kier molecular flexibility index (Phi) is 9.34. The van der Waals surface area contributed by atoms with Crippen LogP contribution >= 0.6 is 11.6 Å². The number of benzene rings is 3. The largest absolute Gasteiger partial charge is 0.495 e. The Labute approximate surface area is 219 Å². The van der Waals surface area contributed by atoms with Gasteiger partial charge in [0.15, 0.2) is 0 Å². The number of anilines is 2. The number of methoxy groups -OCH3 is 1. The van der Waals surface area contributed by atoms with Gasteiger partial charge in [-0.05, 0) is 54.4 Å². The van der Waals surface area contributed by atoms with E-state index in [0.717, 1.165) is 5.56 Å². The van der Waals surface area contributed by atoms with Crippen molar-refractivity contribution in [3.63, 3.8) is 0 Å². The van der Waals surface area contributed by atoms with Crippen LogP contribution < -0.4 is 20.1 Å². The molecule has 0 saturated carbocycles. The molecule has 0 heterocycles. The molecule has 3 N–H and O–H groups in total. The number of carbonyl (C=O) groups is 3. The molecule has 0 aliphatic heterocycles. The number of hydrogen-bond acceptors (Lipinski definition) is 5. The summed E-state index contributed by atoms with van der Waals surface area (Å²) in [4.78, 5) is 37.7. The van der Waals surface area contributed by atoms with E-state index in [0.29, 0.717) is 35.0 Å². The summed E-state index contributed by atoms with van der Waals surface area (Å²) >= 11 is 6.07. The third kappa shape index (κ3) is 7.62. The fraction of sp³-hybridized carbons (Fsp3) is 0.222. The third-order valence-electron chi connectivity index (χ3n) is 5.55. The molecule has 194 valence electrons. The summed E-state index contributed by atoms with van der Waals surface area (Å²) in [5.74, 6) is -0.455. The number of ether oxygens (including phenoxy) is 2. The first-order chi connectivity index (χ1) is 17.7. The highest BCUT2D eigenvalue weighted by Crippen LogP contribution is 2.27. The lowest BCUT2D eigenvalue weighted by molar-refractivity contribution is -0.129. The lowest BCUT2D eigenvalue weighted by Gasteiger charge is -2.18. The number of likely N-dealkylation sites (N-methyl/N-ethyl adjacent to an activating group) is 1. The number of halogens is 1. The van der Waals surface area contributed by atoms with Crippen molar-refractivity contribution in [2.75, 3.05) is 37.9 Å². The van der Waals surface area contributed by atoms with E-state index < -0.39 is 12.0 Å². The Balaban J connectivity index is 1.53. The minimum Gasteiger partial charge on any atom is -0.495 e. The maximum absolute atomic E-state index is 12.7. The maximum Gasteiger partial charge on any atom is 0.335 e. The van der Waals surface area contributed by atoms with E-state index >= 15 is 0 Å². The Morgan fingerprint density at radius 2 is 1.70 bits per heavy atom. The molecule has 3 aromatic rings. The number of nitrogens with one attached hydrogen (secondary N) is 2. The number of aryl methyl sites for hydroxylation is 1. The number of rotatable bonds is 10. The van der Waals surface area contributed by atoms with Crippen molar-refractivity contribution in [3.05, 3.63) is 82.4 Å². The number of hydrogen-bond donors (Lipinski definition) is 3. The zero-order valence-electron chi connectivity index (χ0n) is 20.7. The third-order valence-corrected chi connectivity index (χ3v) is 5.85. The quantitative estimate of drug-likeness (QED) is 0.340. The van der Waals surface area contributed by atoms with Crippen LogP contribution in [0.1, 0.15) is 21.5 Å². The van der Waals surface area contributed by atoms with Crippen LogP contribution in [0.15, 0.2) is 60.7 Å². The molecule has 9 nitrogen and oxygen atoms in total. The highest BCUT2D eigenvalue weighted by atomic mass is 35.5. The SMILES string of the molecule is COc1cc(CC(=O)N(C)CCOc2ccc(C(=O)O)cc2Cl)ccc1NC(=O)Nc1ccccc1C. The smallest absolute Gasteiger partial charge is 0.335 e. The van der Waals surface area contributed by atoms with Gasteiger partial charge in [-0.25, -0.2) is 9.59 Å². The van der Waals surface area contributed by atoms with E-state index in [1.54, 1.807) is 25.2 Å². The van der Waals surface area contributed by atoms with Crippen molar-refractivity contribution in [1.29, 1.82) is 0 Å². The first-order valence-corrected chi connectivity index (χ1v) is 11.8. The van der Waals surface area contributed by atoms with Gasteiger partial charge < -0.3 is 30.1 Å². The van der Waals surface area contributed by atoms with Crippen molar-refractivity contribution in [3.8, 4) is 11.5 Å². The van der Waals surface area contributed by atoms with Crippen LogP contribution in [-0.2, 0) is 11.2 Å². The summed E-state index contributed by atoms with van der Waals surface area (Å²) in [6.07, 6.45) is 0.122. The van der Waals surface area contributed by atoms with Crippen molar-refractivity contribution < 1.29 is 29.0 Å². The fourth-order valence-corrected chi connectivity index (χ4v) is 3.65. The van der Waals surface area contributed by atoms with Gasteiger partial charge in [0.2, 0.25) is 5.91 Å². The average molecular weight is 526 g/mol. The zero-order valence-corrected chi connectivity index (χ0v) is 21.5. The molecule has 10 heteroatoms. The van der Waals surface area contributed by atoms with Crippen molar-refractivity contribution in [2.45, 2.75) is 13.3 Å². The van der Waals surface area contributed by atoms with Gasteiger partial charge in [-0.15, -0.1) is 0 Å². The summed E-state index contributed by atoms with van der Waals surface area (Å²) in [5.41, 5.74) is 2.89. The molecule has 3 rings (SSSR count). The van der Waals surface area contributed by atoms with E-state index in [4.69, 9.17) is 26.2 Å². The number of amides is 3. The van der Waals surface area contributed by atoms with E-state index in [9.17, 15) is 14.4 Å². The normalized spacial score (nSPS) is 10.4.